The van der Waals surface area contributed by atoms with Gasteiger partial charge in [0, 0.05) is 25.2 Å². The molecule has 0 bridgehead atoms. The number of ether oxygens (including phenoxy) is 1. The highest BCUT2D eigenvalue weighted by molar-refractivity contribution is 5.51. The first-order chi connectivity index (χ1) is 8.30. The number of hydrogen-bond donors (Lipinski definition) is 1. The zero-order chi connectivity index (χ0) is 12.3. The predicted octanol–water partition coefficient (Wildman–Crippen LogP) is 0.977. The molecule has 1 aromatic rings. The molecule has 0 fully saturated rings. The molecule has 5 heteroatoms. The van der Waals surface area contributed by atoms with E-state index in [1.807, 2.05) is 0 Å². The van der Waals surface area contributed by atoms with Crippen LogP contribution in [0.4, 0.5) is 5.82 Å². The van der Waals surface area contributed by atoms with Crippen molar-refractivity contribution in [2.75, 3.05) is 31.6 Å². The molecule has 0 aliphatic carbocycles. The Morgan fingerprint density at radius 3 is 2.71 bits per heavy atom. The molecule has 94 valence electrons. The number of nitrogens with zero attached hydrogens (tertiary/aromatic N) is 3. The average Bonchev–Trinajstić information content (AvgIpc) is 2.39. The summed E-state index contributed by atoms with van der Waals surface area (Å²) >= 11 is 0. The number of aromatic nitrogens is 2. The summed E-state index contributed by atoms with van der Waals surface area (Å²) in [5, 5.41) is 3.33. The van der Waals surface area contributed by atoms with E-state index in [2.05, 4.69) is 34.0 Å². The largest absolute Gasteiger partial charge is 0.467 e. The normalized spacial score (nSPS) is 14.3. The lowest BCUT2D eigenvalue weighted by Crippen LogP contribution is -2.30. The van der Waals surface area contributed by atoms with E-state index in [1.165, 1.54) is 5.56 Å². The minimum Gasteiger partial charge on any atom is -0.467 e. The third kappa shape index (κ3) is 2.34. The minimum atomic E-state index is 0.467. The molecular weight excluding hydrogens is 216 g/mol. The first-order valence-corrected chi connectivity index (χ1v) is 6.19. The van der Waals surface area contributed by atoms with Crippen LogP contribution in [0.3, 0.4) is 0 Å². The van der Waals surface area contributed by atoms with Crippen LogP contribution in [0, 0.1) is 0 Å². The number of rotatable bonds is 4. The first-order valence-electron chi connectivity index (χ1n) is 6.19. The summed E-state index contributed by atoms with van der Waals surface area (Å²) in [6.07, 6.45) is 0.991. The van der Waals surface area contributed by atoms with Gasteiger partial charge in [-0.05, 0) is 26.8 Å². The van der Waals surface area contributed by atoms with Crippen LogP contribution in [0.1, 0.15) is 25.1 Å². The second-order valence-electron chi connectivity index (χ2n) is 4.06. The number of methoxy groups -OCH3 is 1. The second-order valence-corrected chi connectivity index (χ2v) is 4.06. The zero-order valence-corrected chi connectivity index (χ0v) is 10.8. The molecule has 0 spiro atoms. The Hall–Kier alpha value is -1.36. The molecule has 1 aliphatic rings. The molecule has 1 N–H and O–H groups in total. The number of nitrogens with one attached hydrogen (secondary N) is 1. The van der Waals surface area contributed by atoms with Gasteiger partial charge in [-0.25, -0.2) is 0 Å². The van der Waals surface area contributed by atoms with Crippen molar-refractivity contribution in [3.63, 3.8) is 0 Å². The molecule has 17 heavy (non-hydrogen) atoms. The molecule has 1 aliphatic heterocycles. The van der Waals surface area contributed by atoms with Crippen LogP contribution in [-0.2, 0) is 13.0 Å². The Kier molecular flexibility index (Phi) is 3.78. The van der Waals surface area contributed by atoms with Gasteiger partial charge in [0.15, 0.2) is 0 Å². The van der Waals surface area contributed by atoms with Crippen molar-refractivity contribution in [3.05, 3.63) is 11.3 Å². The van der Waals surface area contributed by atoms with Gasteiger partial charge in [0.05, 0.1) is 12.8 Å². The van der Waals surface area contributed by atoms with Gasteiger partial charge in [-0.1, -0.05) is 0 Å². The fraction of sp³-hybridized carbons (Fsp3) is 0.667. The Balaban J connectivity index is 2.47. The van der Waals surface area contributed by atoms with E-state index >= 15 is 0 Å². The highest BCUT2D eigenvalue weighted by Gasteiger charge is 2.20. The van der Waals surface area contributed by atoms with Crippen LogP contribution in [-0.4, -0.2) is 36.7 Å². The lowest BCUT2D eigenvalue weighted by atomic mass is 10.1. The van der Waals surface area contributed by atoms with E-state index < -0.39 is 0 Å². The summed E-state index contributed by atoms with van der Waals surface area (Å²) in [5.74, 6) is 1.04. The summed E-state index contributed by atoms with van der Waals surface area (Å²) in [5.41, 5.74) is 2.35. The molecule has 0 aromatic carbocycles. The lowest BCUT2D eigenvalue weighted by Gasteiger charge is -2.26. The van der Waals surface area contributed by atoms with Crippen molar-refractivity contribution in [2.45, 2.75) is 26.8 Å². The topological polar surface area (TPSA) is 50.3 Å². The Morgan fingerprint density at radius 2 is 2.06 bits per heavy atom. The second kappa shape index (κ2) is 5.31. The highest BCUT2D eigenvalue weighted by atomic mass is 16.5. The average molecular weight is 236 g/mol. The van der Waals surface area contributed by atoms with Crippen molar-refractivity contribution in [1.29, 1.82) is 0 Å². The van der Waals surface area contributed by atoms with Gasteiger partial charge < -0.3 is 15.0 Å². The molecule has 0 atom stereocenters. The van der Waals surface area contributed by atoms with Crippen LogP contribution >= 0.6 is 0 Å². The van der Waals surface area contributed by atoms with E-state index in [9.17, 15) is 0 Å². The summed E-state index contributed by atoms with van der Waals surface area (Å²) in [4.78, 5) is 11.2. The molecule has 0 unspecified atom stereocenters. The maximum atomic E-state index is 5.18. The van der Waals surface area contributed by atoms with Gasteiger partial charge in [-0.15, -0.1) is 0 Å². The molecule has 0 saturated carbocycles. The monoisotopic (exact) mass is 236 g/mol. The summed E-state index contributed by atoms with van der Waals surface area (Å²) in [7, 11) is 1.62. The SMILES string of the molecule is CCN(CC)c1nc(OC)nc2c1CCNC2. The lowest BCUT2D eigenvalue weighted by molar-refractivity contribution is 0.375. The van der Waals surface area contributed by atoms with Crippen molar-refractivity contribution in [1.82, 2.24) is 15.3 Å². The van der Waals surface area contributed by atoms with Crippen LogP contribution in [0.5, 0.6) is 6.01 Å². The summed E-state index contributed by atoms with van der Waals surface area (Å²) in [6.45, 7) is 8.00. The molecule has 2 heterocycles. The quantitative estimate of drug-likeness (QED) is 0.844. The van der Waals surface area contributed by atoms with E-state index in [1.54, 1.807) is 7.11 Å². The first kappa shape index (κ1) is 12.1. The summed E-state index contributed by atoms with van der Waals surface area (Å²) < 4.78 is 5.18. The zero-order valence-electron chi connectivity index (χ0n) is 10.8. The van der Waals surface area contributed by atoms with E-state index in [0.29, 0.717) is 6.01 Å². The standard InChI is InChI=1S/C12H20N4O/c1-4-16(5-2)11-9-6-7-13-8-10(9)14-12(15-11)17-3/h13H,4-8H2,1-3H3. The van der Waals surface area contributed by atoms with Gasteiger partial charge in [0.25, 0.3) is 0 Å². The molecule has 2 rings (SSSR count). The smallest absolute Gasteiger partial charge is 0.318 e. The van der Waals surface area contributed by atoms with Gasteiger partial charge in [-0.2, -0.15) is 9.97 Å². The number of hydrogen-bond acceptors (Lipinski definition) is 5. The van der Waals surface area contributed by atoms with Gasteiger partial charge in [0.1, 0.15) is 5.82 Å². The fourth-order valence-corrected chi connectivity index (χ4v) is 2.19. The maximum absolute atomic E-state index is 5.18. The molecule has 1 aromatic heterocycles. The van der Waals surface area contributed by atoms with Crippen molar-refractivity contribution < 1.29 is 4.74 Å². The molecular formula is C12H20N4O. The van der Waals surface area contributed by atoms with Crippen LogP contribution in [0.15, 0.2) is 0 Å². The Bertz CT molecular complexity index is 390. The third-order valence-corrected chi connectivity index (χ3v) is 3.14. The molecule has 0 saturated heterocycles. The molecule has 0 radical (unpaired) electrons. The molecule has 5 nitrogen and oxygen atoms in total. The van der Waals surface area contributed by atoms with E-state index in [-0.39, 0.29) is 0 Å². The van der Waals surface area contributed by atoms with E-state index in [0.717, 1.165) is 44.1 Å². The van der Waals surface area contributed by atoms with E-state index in [4.69, 9.17) is 4.74 Å². The van der Waals surface area contributed by atoms with Crippen molar-refractivity contribution in [3.8, 4) is 6.01 Å². The fourth-order valence-electron chi connectivity index (χ4n) is 2.19. The minimum absolute atomic E-state index is 0.467. The predicted molar refractivity (Wildman–Crippen MR) is 67.6 cm³/mol. The number of fused-ring (bicyclic) bond motifs is 1. The van der Waals surface area contributed by atoms with Crippen molar-refractivity contribution >= 4 is 5.82 Å². The van der Waals surface area contributed by atoms with Gasteiger partial charge in [-0.3, -0.25) is 0 Å². The summed E-state index contributed by atoms with van der Waals surface area (Å²) in [6, 6.07) is 0.467. The van der Waals surface area contributed by atoms with Crippen LogP contribution < -0.4 is 15.0 Å². The number of anilines is 1. The van der Waals surface area contributed by atoms with Crippen molar-refractivity contribution in [2.24, 2.45) is 0 Å². The van der Waals surface area contributed by atoms with Crippen LogP contribution in [0.2, 0.25) is 0 Å². The maximum Gasteiger partial charge on any atom is 0.318 e. The van der Waals surface area contributed by atoms with Gasteiger partial charge in [0.2, 0.25) is 0 Å². The highest BCUT2D eigenvalue weighted by Crippen LogP contribution is 2.25. The third-order valence-electron chi connectivity index (χ3n) is 3.14. The van der Waals surface area contributed by atoms with Gasteiger partial charge >= 0.3 is 6.01 Å². The Morgan fingerprint density at radius 1 is 1.29 bits per heavy atom. The van der Waals surface area contributed by atoms with Crippen LogP contribution in [0.25, 0.3) is 0 Å². The Labute approximate surface area is 102 Å². The molecule has 0 amide bonds.